The Morgan fingerprint density at radius 3 is 1.45 bits per heavy atom. The molecule has 5 heteroatoms. The van der Waals surface area contributed by atoms with Crippen molar-refractivity contribution in [2.75, 3.05) is 0 Å². The minimum Gasteiger partial charge on any atom is -0.309 e. The Labute approximate surface area is 334 Å². The Balaban J connectivity index is 1.03. The molecule has 5 nitrogen and oxygen atoms in total. The summed E-state index contributed by atoms with van der Waals surface area (Å²) in [6.07, 6.45) is 0. The maximum atomic E-state index is 14.4. The molecule has 58 heavy (non-hydrogen) atoms. The molecule has 0 saturated carbocycles. The van der Waals surface area contributed by atoms with Gasteiger partial charge in [-0.2, -0.15) is 0 Å². The van der Waals surface area contributed by atoms with E-state index in [1.165, 1.54) is 16.3 Å². The highest BCUT2D eigenvalue weighted by Gasteiger charge is 2.17. The molecular weight excluding hydrogens is 709 g/mol. The lowest BCUT2D eigenvalue weighted by Crippen LogP contribution is -2.19. The maximum Gasteiger partial charge on any atom is 0.263 e. The van der Waals surface area contributed by atoms with E-state index in [1.807, 2.05) is 89.5 Å². The molecule has 0 atom stereocenters. The molecule has 272 valence electrons. The van der Waals surface area contributed by atoms with Crippen molar-refractivity contribution in [3.63, 3.8) is 0 Å². The first-order valence-corrected chi connectivity index (χ1v) is 19.5. The molecule has 11 rings (SSSR count). The molecule has 0 radical (unpaired) electrons. The molecule has 11 aromatic rings. The van der Waals surface area contributed by atoms with E-state index in [0.29, 0.717) is 11.2 Å². The third-order valence-corrected chi connectivity index (χ3v) is 11.2. The minimum absolute atomic E-state index is 0.0626. The summed E-state index contributed by atoms with van der Waals surface area (Å²) in [6.45, 7) is 0. The summed E-state index contributed by atoms with van der Waals surface area (Å²) < 4.78 is 4.16. The Kier molecular flexibility index (Phi) is 7.90. The maximum absolute atomic E-state index is 14.4. The van der Waals surface area contributed by atoms with Gasteiger partial charge in [-0.1, -0.05) is 133 Å². The van der Waals surface area contributed by atoms with Crippen LogP contribution in [0.2, 0.25) is 0 Å². The van der Waals surface area contributed by atoms with Crippen LogP contribution in [0.4, 0.5) is 0 Å². The van der Waals surface area contributed by atoms with Crippen LogP contribution in [0.1, 0.15) is 0 Å². The van der Waals surface area contributed by atoms with Crippen molar-refractivity contribution in [3.8, 4) is 56.4 Å². The fourth-order valence-electron chi connectivity index (χ4n) is 8.38. The third kappa shape index (κ3) is 5.60. The lowest BCUT2D eigenvalue weighted by molar-refractivity contribution is 1.06. The van der Waals surface area contributed by atoms with Crippen molar-refractivity contribution >= 4 is 43.5 Å². The number of benzene rings is 8. The van der Waals surface area contributed by atoms with Gasteiger partial charge in [-0.05, 0) is 89.3 Å². The van der Waals surface area contributed by atoms with Gasteiger partial charge in [0.2, 0.25) is 0 Å². The van der Waals surface area contributed by atoms with Crippen molar-refractivity contribution in [3.05, 3.63) is 217 Å². The number of fused-ring (bicyclic) bond motifs is 6. The monoisotopic (exact) mass is 742 g/mol. The Hall–Kier alpha value is -7.89. The van der Waals surface area contributed by atoms with E-state index < -0.39 is 0 Å². The van der Waals surface area contributed by atoms with Gasteiger partial charge in [0.25, 0.3) is 5.56 Å². The largest absolute Gasteiger partial charge is 0.309 e. The van der Waals surface area contributed by atoms with Crippen LogP contribution in [0.25, 0.3) is 99.9 Å². The molecule has 0 aliphatic heterocycles. The zero-order valence-corrected chi connectivity index (χ0v) is 31.3. The smallest absolute Gasteiger partial charge is 0.263 e. The van der Waals surface area contributed by atoms with E-state index in [-0.39, 0.29) is 5.56 Å². The molecule has 3 heterocycles. The van der Waals surface area contributed by atoms with Crippen LogP contribution >= 0.6 is 0 Å². The first-order chi connectivity index (χ1) is 28.7. The molecule has 0 fully saturated rings. The number of rotatable bonds is 6. The van der Waals surface area contributed by atoms with Gasteiger partial charge in [0.05, 0.1) is 27.9 Å². The zero-order chi connectivity index (χ0) is 38.6. The van der Waals surface area contributed by atoms with Gasteiger partial charge in [0.1, 0.15) is 0 Å². The van der Waals surface area contributed by atoms with E-state index in [2.05, 4.69) is 126 Å². The standard InChI is InChI=1S/C53H34N4O/c58-53-44-22-11-10-20-42(44)45-33-39(52-54-47(36-14-4-1-5-15-36)34-48(55-52)37-16-6-2-7-17-37)27-31-51(45)57(53)41-28-24-35(25-29-41)38-26-30-50-46(32-38)43-21-12-13-23-49(43)56(50)40-18-8-3-9-19-40/h1-34H. The minimum atomic E-state index is -0.0626. The highest BCUT2D eigenvalue weighted by molar-refractivity contribution is 6.11. The second kappa shape index (κ2) is 13.7. The fourth-order valence-corrected chi connectivity index (χ4v) is 8.38. The first kappa shape index (κ1) is 33.4. The van der Waals surface area contributed by atoms with Crippen LogP contribution in [-0.2, 0) is 0 Å². The SMILES string of the molecule is O=c1c2ccccc2c2cc(-c3nc(-c4ccccc4)cc(-c4ccccc4)n3)ccc2n1-c1ccc(-c2ccc3c(c2)c2ccccc2n3-c2ccccc2)cc1. The van der Waals surface area contributed by atoms with Gasteiger partial charge in [0.15, 0.2) is 5.82 Å². The van der Waals surface area contributed by atoms with Gasteiger partial charge >= 0.3 is 0 Å². The lowest BCUT2D eigenvalue weighted by Gasteiger charge is -2.15. The van der Waals surface area contributed by atoms with Crippen molar-refractivity contribution in [1.29, 1.82) is 0 Å². The summed E-state index contributed by atoms with van der Waals surface area (Å²) >= 11 is 0. The summed E-state index contributed by atoms with van der Waals surface area (Å²) in [7, 11) is 0. The predicted octanol–water partition coefficient (Wildman–Crippen LogP) is 12.7. The summed E-state index contributed by atoms with van der Waals surface area (Å²) in [4.78, 5) is 24.6. The van der Waals surface area contributed by atoms with Crippen LogP contribution in [0.5, 0.6) is 0 Å². The summed E-state index contributed by atoms with van der Waals surface area (Å²) in [5, 5.41) is 4.90. The van der Waals surface area contributed by atoms with Crippen molar-refractivity contribution in [1.82, 2.24) is 19.1 Å². The quantitative estimate of drug-likeness (QED) is 0.159. The van der Waals surface area contributed by atoms with Crippen molar-refractivity contribution in [2.45, 2.75) is 0 Å². The lowest BCUT2D eigenvalue weighted by atomic mass is 10.0. The van der Waals surface area contributed by atoms with Gasteiger partial charge in [0, 0.05) is 49.6 Å². The number of nitrogens with zero attached hydrogens (tertiary/aromatic N) is 4. The second-order valence-corrected chi connectivity index (χ2v) is 14.6. The summed E-state index contributed by atoms with van der Waals surface area (Å²) in [5.41, 5.74) is 11.8. The predicted molar refractivity (Wildman–Crippen MR) is 239 cm³/mol. The Bertz CT molecular complexity index is 3330. The van der Waals surface area contributed by atoms with Gasteiger partial charge < -0.3 is 4.57 Å². The van der Waals surface area contributed by atoms with Crippen molar-refractivity contribution < 1.29 is 0 Å². The summed E-state index contributed by atoms with van der Waals surface area (Å²) in [5.74, 6) is 0.622. The van der Waals surface area contributed by atoms with Crippen LogP contribution in [0.15, 0.2) is 211 Å². The van der Waals surface area contributed by atoms with Crippen LogP contribution in [0, 0.1) is 0 Å². The second-order valence-electron chi connectivity index (χ2n) is 14.6. The number of hydrogen-bond acceptors (Lipinski definition) is 3. The Morgan fingerprint density at radius 2 is 0.776 bits per heavy atom. The Morgan fingerprint density at radius 1 is 0.310 bits per heavy atom. The van der Waals surface area contributed by atoms with Crippen LogP contribution in [0.3, 0.4) is 0 Å². The van der Waals surface area contributed by atoms with Crippen LogP contribution < -0.4 is 5.56 Å². The molecule has 0 spiro atoms. The van der Waals surface area contributed by atoms with Gasteiger partial charge in [-0.15, -0.1) is 0 Å². The van der Waals surface area contributed by atoms with E-state index in [9.17, 15) is 4.79 Å². The van der Waals surface area contributed by atoms with E-state index >= 15 is 0 Å². The number of aromatic nitrogens is 4. The van der Waals surface area contributed by atoms with Gasteiger partial charge in [-0.25, -0.2) is 9.97 Å². The van der Waals surface area contributed by atoms with E-state index in [0.717, 1.165) is 72.4 Å². The number of hydrogen-bond donors (Lipinski definition) is 0. The van der Waals surface area contributed by atoms with E-state index in [4.69, 9.17) is 9.97 Å². The average molecular weight is 743 g/mol. The third-order valence-electron chi connectivity index (χ3n) is 11.2. The topological polar surface area (TPSA) is 52.7 Å². The van der Waals surface area contributed by atoms with E-state index in [1.54, 1.807) is 0 Å². The molecule has 0 saturated heterocycles. The molecule has 0 unspecified atom stereocenters. The molecular formula is C53H34N4O. The molecule has 0 amide bonds. The first-order valence-electron chi connectivity index (χ1n) is 19.5. The van der Waals surface area contributed by atoms with Crippen LogP contribution in [-0.4, -0.2) is 19.1 Å². The molecule has 8 aromatic carbocycles. The molecule has 0 N–H and O–H groups in total. The average Bonchev–Trinajstić information content (AvgIpc) is 3.64. The highest BCUT2D eigenvalue weighted by atomic mass is 16.1. The van der Waals surface area contributed by atoms with Gasteiger partial charge in [-0.3, -0.25) is 9.36 Å². The zero-order valence-electron chi connectivity index (χ0n) is 31.3. The number of para-hydroxylation sites is 2. The molecule has 0 aliphatic rings. The number of pyridine rings is 1. The highest BCUT2D eigenvalue weighted by Crippen LogP contribution is 2.36. The molecule has 3 aromatic heterocycles. The van der Waals surface area contributed by atoms with Crippen molar-refractivity contribution in [2.24, 2.45) is 0 Å². The molecule has 0 aliphatic carbocycles. The normalized spacial score (nSPS) is 11.5. The molecule has 0 bridgehead atoms. The fraction of sp³-hybridized carbons (Fsp3) is 0. The summed E-state index contributed by atoms with van der Waals surface area (Å²) in [6, 6.07) is 70.6.